The molecule has 0 atom stereocenters. The van der Waals surface area contributed by atoms with Gasteiger partial charge in [-0.25, -0.2) is 0 Å². The largest absolute Gasteiger partial charge is 0.356 e. The van der Waals surface area contributed by atoms with Gasteiger partial charge in [-0.2, -0.15) is 0 Å². The zero-order valence-electron chi connectivity index (χ0n) is 8.33. The molecular weight excluding hydrogens is 212 g/mol. The third kappa shape index (κ3) is 1.76. The Morgan fingerprint density at radius 1 is 1.40 bits per heavy atom. The van der Waals surface area contributed by atoms with Gasteiger partial charge in [-0.05, 0) is 19.1 Å². The number of rotatable bonds is 2. The van der Waals surface area contributed by atoms with Crippen LogP contribution in [-0.4, -0.2) is 5.16 Å². The van der Waals surface area contributed by atoms with Crippen molar-refractivity contribution in [3.8, 4) is 11.3 Å². The van der Waals surface area contributed by atoms with Gasteiger partial charge < -0.3 is 10.3 Å². The van der Waals surface area contributed by atoms with Gasteiger partial charge in [0, 0.05) is 17.7 Å². The number of nitrogens with zero attached hydrogens (tertiary/aromatic N) is 1. The molecule has 0 fully saturated rings. The van der Waals surface area contributed by atoms with E-state index < -0.39 is 0 Å². The first-order chi connectivity index (χ1) is 7.24. The Morgan fingerprint density at radius 3 is 2.80 bits per heavy atom. The summed E-state index contributed by atoms with van der Waals surface area (Å²) in [5.41, 5.74) is 8.19. The molecule has 0 unspecified atom stereocenters. The molecule has 0 radical (unpaired) electrons. The standard InChI is InChI=1S/C11H11ClN2O/c1-7-9(6-13)11(15-14-7)8-4-2-3-5-10(8)12/h2-5H,6,13H2,1H3. The molecule has 0 saturated carbocycles. The highest BCUT2D eigenvalue weighted by molar-refractivity contribution is 6.33. The van der Waals surface area contributed by atoms with Crippen molar-refractivity contribution in [2.24, 2.45) is 5.73 Å². The molecule has 4 heteroatoms. The van der Waals surface area contributed by atoms with Crippen molar-refractivity contribution in [2.45, 2.75) is 13.5 Å². The minimum absolute atomic E-state index is 0.399. The van der Waals surface area contributed by atoms with E-state index in [1.807, 2.05) is 31.2 Å². The Morgan fingerprint density at radius 2 is 2.13 bits per heavy atom. The van der Waals surface area contributed by atoms with Crippen molar-refractivity contribution < 1.29 is 4.52 Å². The van der Waals surface area contributed by atoms with Gasteiger partial charge in [-0.15, -0.1) is 0 Å². The van der Waals surface area contributed by atoms with Crippen LogP contribution in [0.1, 0.15) is 11.3 Å². The van der Waals surface area contributed by atoms with Crippen molar-refractivity contribution in [2.75, 3.05) is 0 Å². The summed E-state index contributed by atoms with van der Waals surface area (Å²) in [4.78, 5) is 0. The van der Waals surface area contributed by atoms with Crippen LogP contribution in [0.4, 0.5) is 0 Å². The minimum atomic E-state index is 0.399. The number of hydrogen-bond acceptors (Lipinski definition) is 3. The average Bonchev–Trinajstić information content (AvgIpc) is 2.60. The van der Waals surface area contributed by atoms with Gasteiger partial charge in [-0.1, -0.05) is 28.9 Å². The molecule has 0 saturated heterocycles. The van der Waals surface area contributed by atoms with Crippen LogP contribution in [-0.2, 0) is 6.54 Å². The van der Waals surface area contributed by atoms with Crippen molar-refractivity contribution in [3.05, 3.63) is 40.5 Å². The van der Waals surface area contributed by atoms with Crippen LogP contribution in [0.5, 0.6) is 0 Å². The van der Waals surface area contributed by atoms with E-state index in [9.17, 15) is 0 Å². The van der Waals surface area contributed by atoms with Gasteiger partial charge >= 0.3 is 0 Å². The van der Waals surface area contributed by atoms with Gasteiger partial charge in [0.05, 0.1) is 10.7 Å². The van der Waals surface area contributed by atoms with E-state index in [1.54, 1.807) is 0 Å². The topological polar surface area (TPSA) is 52.0 Å². The zero-order valence-corrected chi connectivity index (χ0v) is 9.08. The number of hydrogen-bond donors (Lipinski definition) is 1. The summed E-state index contributed by atoms with van der Waals surface area (Å²) < 4.78 is 5.24. The van der Waals surface area contributed by atoms with Crippen LogP contribution in [0.2, 0.25) is 5.02 Å². The highest BCUT2D eigenvalue weighted by atomic mass is 35.5. The first kappa shape index (κ1) is 10.2. The molecule has 15 heavy (non-hydrogen) atoms. The summed E-state index contributed by atoms with van der Waals surface area (Å²) in [6.07, 6.45) is 0. The van der Waals surface area contributed by atoms with Crippen molar-refractivity contribution >= 4 is 11.6 Å². The first-order valence-corrected chi connectivity index (χ1v) is 5.02. The molecule has 1 aromatic carbocycles. The molecule has 2 N–H and O–H groups in total. The Bertz CT molecular complexity index is 479. The molecule has 0 aliphatic carbocycles. The lowest BCUT2D eigenvalue weighted by atomic mass is 10.1. The van der Waals surface area contributed by atoms with E-state index in [0.717, 1.165) is 16.8 Å². The number of halogens is 1. The van der Waals surface area contributed by atoms with Crippen molar-refractivity contribution in [1.29, 1.82) is 0 Å². The summed E-state index contributed by atoms with van der Waals surface area (Å²) in [6.45, 7) is 2.27. The van der Waals surface area contributed by atoms with Crippen molar-refractivity contribution in [1.82, 2.24) is 5.16 Å². The van der Waals surface area contributed by atoms with Crippen LogP contribution in [0, 0.1) is 6.92 Å². The summed E-state index contributed by atoms with van der Waals surface area (Å²) in [6, 6.07) is 7.48. The molecule has 1 heterocycles. The average molecular weight is 223 g/mol. The molecule has 0 spiro atoms. The molecular formula is C11H11ClN2O. The minimum Gasteiger partial charge on any atom is -0.356 e. The smallest absolute Gasteiger partial charge is 0.173 e. The summed E-state index contributed by atoms with van der Waals surface area (Å²) in [7, 11) is 0. The van der Waals surface area contributed by atoms with E-state index in [1.165, 1.54) is 0 Å². The monoisotopic (exact) mass is 222 g/mol. The van der Waals surface area contributed by atoms with Gasteiger partial charge in [0.2, 0.25) is 0 Å². The van der Waals surface area contributed by atoms with E-state index in [0.29, 0.717) is 17.3 Å². The lowest BCUT2D eigenvalue weighted by Gasteiger charge is -2.01. The van der Waals surface area contributed by atoms with E-state index in [-0.39, 0.29) is 0 Å². The Labute approximate surface area is 92.8 Å². The van der Waals surface area contributed by atoms with Crippen LogP contribution in [0.25, 0.3) is 11.3 Å². The lowest BCUT2D eigenvalue weighted by molar-refractivity contribution is 0.426. The highest BCUT2D eigenvalue weighted by Gasteiger charge is 2.15. The lowest BCUT2D eigenvalue weighted by Crippen LogP contribution is -1.98. The zero-order chi connectivity index (χ0) is 10.8. The second-order valence-corrected chi connectivity index (χ2v) is 3.67. The molecule has 0 aliphatic rings. The van der Waals surface area contributed by atoms with Gasteiger partial charge in [-0.3, -0.25) is 0 Å². The quantitative estimate of drug-likeness (QED) is 0.850. The normalized spacial score (nSPS) is 10.6. The second-order valence-electron chi connectivity index (χ2n) is 3.26. The van der Waals surface area contributed by atoms with Crippen LogP contribution < -0.4 is 5.73 Å². The summed E-state index contributed by atoms with van der Waals surface area (Å²) >= 11 is 6.07. The van der Waals surface area contributed by atoms with Gasteiger partial charge in [0.25, 0.3) is 0 Å². The highest BCUT2D eigenvalue weighted by Crippen LogP contribution is 2.31. The first-order valence-electron chi connectivity index (χ1n) is 4.64. The molecule has 1 aromatic heterocycles. The maximum absolute atomic E-state index is 6.07. The van der Waals surface area contributed by atoms with E-state index >= 15 is 0 Å². The summed E-state index contributed by atoms with van der Waals surface area (Å²) in [5.74, 6) is 0.667. The molecule has 78 valence electrons. The maximum atomic E-state index is 6.07. The van der Waals surface area contributed by atoms with Crippen LogP contribution in [0.3, 0.4) is 0 Å². The Kier molecular flexibility index (Phi) is 2.75. The van der Waals surface area contributed by atoms with E-state index in [4.69, 9.17) is 21.9 Å². The SMILES string of the molecule is Cc1noc(-c2ccccc2Cl)c1CN. The number of aromatic nitrogens is 1. The van der Waals surface area contributed by atoms with E-state index in [2.05, 4.69) is 5.16 Å². The third-order valence-electron chi connectivity index (χ3n) is 2.31. The Balaban J connectivity index is 2.59. The second kappa shape index (κ2) is 4.04. The predicted octanol–water partition coefficient (Wildman–Crippen LogP) is 2.76. The molecule has 0 bridgehead atoms. The molecule has 3 nitrogen and oxygen atoms in total. The fourth-order valence-electron chi connectivity index (χ4n) is 1.49. The number of aryl methyl sites for hydroxylation is 1. The van der Waals surface area contributed by atoms with Crippen molar-refractivity contribution in [3.63, 3.8) is 0 Å². The van der Waals surface area contributed by atoms with Crippen LogP contribution in [0.15, 0.2) is 28.8 Å². The maximum Gasteiger partial charge on any atom is 0.173 e. The molecule has 2 rings (SSSR count). The fourth-order valence-corrected chi connectivity index (χ4v) is 1.71. The third-order valence-corrected chi connectivity index (χ3v) is 2.64. The van der Waals surface area contributed by atoms with Gasteiger partial charge in [0.1, 0.15) is 0 Å². The van der Waals surface area contributed by atoms with Crippen LogP contribution >= 0.6 is 11.6 Å². The number of benzene rings is 1. The summed E-state index contributed by atoms with van der Waals surface area (Å²) in [5, 5.41) is 4.53. The fraction of sp³-hybridized carbons (Fsp3) is 0.182. The molecule has 2 aromatic rings. The van der Waals surface area contributed by atoms with Gasteiger partial charge in [0.15, 0.2) is 5.76 Å². The Hall–Kier alpha value is -1.32. The molecule has 0 amide bonds. The number of nitrogens with two attached hydrogens (primary N) is 1. The predicted molar refractivity (Wildman–Crippen MR) is 59.6 cm³/mol. The molecule has 0 aliphatic heterocycles.